The van der Waals surface area contributed by atoms with Crippen molar-refractivity contribution in [1.82, 2.24) is 9.38 Å². The van der Waals surface area contributed by atoms with E-state index in [2.05, 4.69) is 4.98 Å². The fourth-order valence-corrected chi connectivity index (χ4v) is 4.38. The quantitative estimate of drug-likeness (QED) is 0.312. The van der Waals surface area contributed by atoms with Gasteiger partial charge in [0.05, 0.1) is 20.5 Å². The van der Waals surface area contributed by atoms with Crippen molar-refractivity contribution in [2.45, 2.75) is 6.61 Å². The van der Waals surface area contributed by atoms with Crippen LogP contribution in [0.2, 0.25) is 0 Å². The van der Waals surface area contributed by atoms with E-state index < -0.39 is 4.92 Å². The molecule has 0 unspecified atom stereocenters. The Morgan fingerprint density at radius 1 is 1.06 bits per heavy atom. The molecule has 0 bridgehead atoms. The number of imidazole rings is 1. The molecular formula is C23H15N3O4S. The molecule has 0 fully saturated rings. The molecule has 8 heteroatoms. The lowest BCUT2D eigenvalue weighted by molar-refractivity contribution is -0.384. The first-order chi connectivity index (χ1) is 15.1. The molecule has 0 aliphatic heterocycles. The van der Waals surface area contributed by atoms with Crippen molar-refractivity contribution >= 4 is 39.1 Å². The largest absolute Gasteiger partial charge is 0.488 e. The molecule has 2 aromatic heterocycles. The van der Waals surface area contributed by atoms with Gasteiger partial charge >= 0.3 is 0 Å². The van der Waals surface area contributed by atoms with Crippen molar-refractivity contribution in [1.29, 1.82) is 0 Å². The van der Waals surface area contributed by atoms with Gasteiger partial charge in [-0.1, -0.05) is 53.8 Å². The number of ether oxygens (including phenoxy) is 1. The Labute approximate surface area is 179 Å². The Bertz CT molecular complexity index is 1550. The van der Waals surface area contributed by atoms with Gasteiger partial charge < -0.3 is 4.74 Å². The van der Waals surface area contributed by atoms with E-state index in [0.29, 0.717) is 20.8 Å². The van der Waals surface area contributed by atoms with E-state index in [1.54, 1.807) is 22.6 Å². The van der Waals surface area contributed by atoms with Crippen LogP contribution in [0.25, 0.3) is 22.1 Å². The van der Waals surface area contributed by atoms with Gasteiger partial charge in [-0.15, -0.1) is 0 Å². The van der Waals surface area contributed by atoms with Crippen LogP contribution < -0.4 is 14.8 Å². The summed E-state index contributed by atoms with van der Waals surface area (Å²) in [7, 11) is 0. The monoisotopic (exact) mass is 429 g/mol. The van der Waals surface area contributed by atoms with Crippen LogP contribution in [0, 0.1) is 10.1 Å². The maximum atomic E-state index is 13.0. The van der Waals surface area contributed by atoms with E-state index in [1.807, 2.05) is 48.5 Å². The van der Waals surface area contributed by atoms with E-state index in [9.17, 15) is 14.9 Å². The van der Waals surface area contributed by atoms with Crippen LogP contribution in [-0.2, 0) is 6.61 Å². The first kappa shape index (κ1) is 19.0. The third kappa shape index (κ3) is 3.53. The smallest absolute Gasteiger partial charge is 0.274 e. The molecule has 5 aromatic rings. The van der Waals surface area contributed by atoms with E-state index in [0.717, 1.165) is 16.6 Å². The van der Waals surface area contributed by atoms with Crippen molar-refractivity contribution < 1.29 is 9.66 Å². The molecule has 0 radical (unpaired) electrons. The molecule has 0 N–H and O–H groups in total. The lowest BCUT2D eigenvalue weighted by Crippen LogP contribution is -2.22. The van der Waals surface area contributed by atoms with Gasteiger partial charge in [0, 0.05) is 17.7 Å². The van der Waals surface area contributed by atoms with Crippen molar-refractivity contribution in [2.75, 3.05) is 0 Å². The first-order valence-corrected chi connectivity index (χ1v) is 10.3. The van der Waals surface area contributed by atoms with Crippen LogP contribution in [0.5, 0.6) is 5.75 Å². The molecule has 0 atom stereocenters. The fraction of sp³-hybridized carbons (Fsp3) is 0.0435. The van der Waals surface area contributed by atoms with Crippen molar-refractivity contribution in [3.05, 3.63) is 109 Å². The second-order valence-corrected chi connectivity index (χ2v) is 7.90. The summed E-state index contributed by atoms with van der Waals surface area (Å²) >= 11 is 1.33. The van der Waals surface area contributed by atoms with E-state index in [-0.39, 0.29) is 17.9 Å². The third-order valence-electron chi connectivity index (χ3n) is 4.87. The number of rotatable bonds is 5. The summed E-state index contributed by atoms with van der Waals surface area (Å²) in [6, 6.07) is 21.2. The van der Waals surface area contributed by atoms with Gasteiger partial charge in [-0.05, 0) is 29.8 Å². The maximum Gasteiger partial charge on any atom is 0.274 e. The Morgan fingerprint density at radius 3 is 2.74 bits per heavy atom. The Balaban J connectivity index is 1.50. The molecule has 0 saturated heterocycles. The first-order valence-electron chi connectivity index (χ1n) is 9.47. The topological polar surface area (TPSA) is 86.7 Å². The highest BCUT2D eigenvalue weighted by molar-refractivity contribution is 7.15. The van der Waals surface area contributed by atoms with Crippen LogP contribution in [0.3, 0.4) is 0 Å². The van der Waals surface area contributed by atoms with Crippen molar-refractivity contribution in [3.63, 3.8) is 0 Å². The maximum absolute atomic E-state index is 13.0. The average Bonchev–Trinajstić information content (AvgIpc) is 3.29. The molecule has 0 amide bonds. The highest BCUT2D eigenvalue weighted by Crippen LogP contribution is 2.22. The number of nitro groups is 1. The second kappa shape index (κ2) is 7.66. The van der Waals surface area contributed by atoms with E-state index >= 15 is 0 Å². The number of non-ortho nitro benzene ring substituents is 1. The number of fused-ring (bicyclic) bond motifs is 3. The molecule has 0 aliphatic carbocycles. The van der Waals surface area contributed by atoms with Gasteiger partial charge in [-0.3, -0.25) is 14.9 Å². The zero-order valence-electron chi connectivity index (χ0n) is 16.1. The number of nitro benzene ring substituents is 1. The zero-order valence-corrected chi connectivity index (χ0v) is 16.9. The average molecular weight is 429 g/mol. The van der Waals surface area contributed by atoms with E-state index in [4.69, 9.17) is 4.74 Å². The van der Waals surface area contributed by atoms with Crippen LogP contribution in [0.4, 0.5) is 5.69 Å². The number of aromatic nitrogens is 2. The van der Waals surface area contributed by atoms with Crippen molar-refractivity contribution in [3.8, 4) is 5.75 Å². The van der Waals surface area contributed by atoms with Crippen LogP contribution in [0.1, 0.15) is 11.1 Å². The number of thiazole rings is 1. The molecule has 5 rings (SSSR count). The Kier molecular flexibility index (Phi) is 4.68. The van der Waals surface area contributed by atoms with Crippen molar-refractivity contribution in [2.24, 2.45) is 0 Å². The Morgan fingerprint density at radius 2 is 1.87 bits per heavy atom. The van der Waals surface area contributed by atoms with Crippen LogP contribution in [-0.4, -0.2) is 14.3 Å². The van der Waals surface area contributed by atoms with Gasteiger partial charge in [-0.25, -0.2) is 9.38 Å². The minimum absolute atomic E-state index is 0.0195. The molecule has 0 aliphatic rings. The van der Waals surface area contributed by atoms with Gasteiger partial charge in [0.15, 0.2) is 4.96 Å². The highest BCUT2D eigenvalue weighted by Gasteiger charge is 2.12. The molecule has 3 aromatic carbocycles. The summed E-state index contributed by atoms with van der Waals surface area (Å²) in [6.45, 7) is 0.176. The van der Waals surface area contributed by atoms with E-state index in [1.165, 1.54) is 23.5 Å². The zero-order chi connectivity index (χ0) is 21.4. The van der Waals surface area contributed by atoms with Gasteiger partial charge in [0.25, 0.3) is 11.2 Å². The molecule has 152 valence electrons. The fourth-order valence-electron chi connectivity index (χ4n) is 3.41. The minimum Gasteiger partial charge on any atom is -0.488 e. The SMILES string of the molecule is O=c1/c(=C/c2ccccc2OCc2cccc([N+](=O)[O-])c2)sc2nc3ccccc3n12. The summed E-state index contributed by atoms with van der Waals surface area (Å²) in [4.78, 5) is 28.7. The third-order valence-corrected chi connectivity index (χ3v) is 5.84. The molecule has 7 nitrogen and oxygen atoms in total. The van der Waals surface area contributed by atoms with Gasteiger partial charge in [-0.2, -0.15) is 0 Å². The molecule has 0 saturated carbocycles. The Hall–Kier alpha value is -4.04. The van der Waals surface area contributed by atoms with Gasteiger partial charge in [0.1, 0.15) is 12.4 Å². The molecule has 31 heavy (non-hydrogen) atoms. The highest BCUT2D eigenvalue weighted by atomic mass is 32.1. The summed E-state index contributed by atoms with van der Waals surface area (Å²) in [5, 5.41) is 11.0. The van der Waals surface area contributed by atoms with Crippen LogP contribution in [0.15, 0.2) is 77.6 Å². The summed E-state index contributed by atoms with van der Waals surface area (Å²) in [6.07, 6.45) is 1.79. The number of para-hydroxylation sites is 3. The summed E-state index contributed by atoms with van der Waals surface area (Å²) < 4.78 is 8.10. The summed E-state index contributed by atoms with van der Waals surface area (Å²) in [5.74, 6) is 0.587. The minimum atomic E-state index is -0.433. The van der Waals surface area contributed by atoms with Gasteiger partial charge in [0.2, 0.25) is 0 Å². The molecule has 0 spiro atoms. The normalized spacial score (nSPS) is 11.9. The standard InChI is InChI=1S/C23H15N3O4S/c27-22-21(31-23-24-18-9-2-3-10-19(18)25(22)23)13-16-7-1-4-11-20(16)30-14-15-6-5-8-17(12-15)26(28)29/h1-13H,14H2/b21-13-. The number of nitrogens with zero attached hydrogens (tertiary/aromatic N) is 3. The second-order valence-electron chi connectivity index (χ2n) is 6.89. The predicted octanol–water partition coefficient (Wildman–Crippen LogP) is 3.94. The number of benzene rings is 3. The lowest BCUT2D eigenvalue weighted by Gasteiger charge is -2.09. The lowest BCUT2D eigenvalue weighted by atomic mass is 10.2. The number of hydrogen-bond acceptors (Lipinski definition) is 6. The predicted molar refractivity (Wildman–Crippen MR) is 120 cm³/mol. The number of hydrogen-bond donors (Lipinski definition) is 0. The summed E-state index contributed by atoms with van der Waals surface area (Å²) in [5.41, 5.74) is 2.91. The van der Waals surface area contributed by atoms with Crippen LogP contribution >= 0.6 is 11.3 Å². The molecular weight excluding hydrogens is 414 g/mol. The molecule has 2 heterocycles.